The molecular formula is C16H32IN3O3. The van der Waals surface area contributed by atoms with Crippen molar-refractivity contribution in [3.8, 4) is 0 Å². The van der Waals surface area contributed by atoms with E-state index >= 15 is 0 Å². The fourth-order valence-corrected chi connectivity index (χ4v) is 3.09. The van der Waals surface area contributed by atoms with Crippen molar-refractivity contribution in [1.29, 1.82) is 0 Å². The Balaban J connectivity index is 0.00000264. The zero-order valence-corrected chi connectivity index (χ0v) is 16.8. The maximum Gasteiger partial charge on any atom is 0.193 e. The third-order valence-electron chi connectivity index (χ3n) is 4.28. The van der Waals surface area contributed by atoms with Crippen LogP contribution in [-0.2, 0) is 14.2 Å². The number of nitrogens with one attached hydrogen (secondary N) is 1. The van der Waals surface area contributed by atoms with E-state index in [-0.39, 0.29) is 24.0 Å². The van der Waals surface area contributed by atoms with Gasteiger partial charge in [-0.2, -0.15) is 0 Å². The van der Waals surface area contributed by atoms with E-state index < -0.39 is 0 Å². The number of nitrogens with zero attached hydrogens (tertiary/aromatic N) is 2. The lowest BCUT2D eigenvalue weighted by Gasteiger charge is -2.21. The molecule has 2 aliphatic rings. The van der Waals surface area contributed by atoms with Gasteiger partial charge in [0.05, 0.1) is 19.3 Å². The minimum atomic E-state index is 0. The zero-order chi connectivity index (χ0) is 15.6. The van der Waals surface area contributed by atoms with E-state index in [1.54, 1.807) is 7.11 Å². The number of guanidine groups is 1. The Labute approximate surface area is 157 Å². The maximum absolute atomic E-state index is 5.67. The van der Waals surface area contributed by atoms with Crippen molar-refractivity contribution >= 4 is 29.9 Å². The van der Waals surface area contributed by atoms with Crippen LogP contribution in [0.2, 0.25) is 0 Å². The highest BCUT2D eigenvalue weighted by Crippen LogP contribution is 2.16. The smallest absolute Gasteiger partial charge is 0.193 e. The molecule has 6 nitrogen and oxygen atoms in total. The topological polar surface area (TPSA) is 55.3 Å². The fourth-order valence-electron chi connectivity index (χ4n) is 3.09. The van der Waals surface area contributed by atoms with Crippen LogP contribution in [0.25, 0.3) is 0 Å². The van der Waals surface area contributed by atoms with E-state index in [2.05, 4.69) is 15.2 Å². The van der Waals surface area contributed by atoms with Gasteiger partial charge < -0.3 is 24.4 Å². The van der Waals surface area contributed by atoms with Gasteiger partial charge >= 0.3 is 0 Å². The summed E-state index contributed by atoms with van der Waals surface area (Å²) >= 11 is 0. The van der Waals surface area contributed by atoms with Gasteiger partial charge in [-0.15, -0.1) is 24.0 Å². The highest BCUT2D eigenvalue weighted by Gasteiger charge is 2.24. The zero-order valence-electron chi connectivity index (χ0n) is 14.5. The maximum atomic E-state index is 5.67. The lowest BCUT2D eigenvalue weighted by Crippen LogP contribution is -2.40. The van der Waals surface area contributed by atoms with Crippen molar-refractivity contribution in [1.82, 2.24) is 10.2 Å². The highest BCUT2D eigenvalue weighted by molar-refractivity contribution is 14.0. The first-order valence-corrected chi connectivity index (χ1v) is 8.47. The summed E-state index contributed by atoms with van der Waals surface area (Å²) in [5.74, 6) is 1.62. The highest BCUT2D eigenvalue weighted by atomic mass is 127. The number of likely N-dealkylation sites (tertiary alicyclic amines) is 1. The molecule has 2 heterocycles. The average Bonchev–Trinajstić information content (AvgIpc) is 3.19. The van der Waals surface area contributed by atoms with E-state index in [0.29, 0.717) is 12.0 Å². The monoisotopic (exact) mass is 441 g/mol. The third kappa shape index (κ3) is 7.53. The Bertz CT molecular complexity index is 339. The lowest BCUT2D eigenvalue weighted by atomic mass is 10.1. The van der Waals surface area contributed by atoms with Crippen LogP contribution in [0.4, 0.5) is 0 Å². The summed E-state index contributed by atoms with van der Waals surface area (Å²) in [6, 6.07) is 0. The summed E-state index contributed by atoms with van der Waals surface area (Å²) in [7, 11) is 3.62. The van der Waals surface area contributed by atoms with Crippen LogP contribution < -0.4 is 5.32 Å². The molecule has 1 N–H and O–H groups in total. The molecule has 7 heteroatoms. The normalized spacial score (nSPS) is 24.8. The second kappa shape index (κ2) is 12.3. The van der Waals surface area contributed by atoms with Crippen molar-refractivity contribution in [2.75, 3.05) is 60.2 Å². The molecule has 0 aromatic heterocycles. The molecule has 2 atom stereocenters. The molecule has 0 amide bonds. The molecule has 0 bridgehead atoms. The molecule has 0 radical (unpaired) electrons. The Hall–Kier alpha value is -0.120. The number of halogens is 1. The largest absolute Gasteiger partial charge is 0.384 e. The Morgan fingerprint density at radius 1 is 1.35 bits per heavy atom. The molecule has 2 rings (SSSR count). The standard InChI is InChI=1S/C16H31N3O3.HI/c1-17-16(19-8-6-14(11-19)12-20-2)18-7-4-9-21-13-15-5-3-10-22-15;/h14-15H,3-13H2,1-2H3,(H,17,18);1H. The molecule has 2 fully saturated rings. The molecule has 2 aliphatic heterocycles. The molecule has 2 saturated heterocycles. The SMILES string of the molecule is CN=C(NCCCOCC1CCCO1)N1CCC(COC)C1.I. The second-order valence-electron chi connectivity index (χ2n) is 6.09. The predicted octanol–water partition coefficient (Wildman–Crippen LogP) is 1.73. The van der Waals surface area contributed by atoms with Gasteiger partial charge in [0.1, 0.15) is 0 Å². The summed E-state index contributed by atoms with van der Waals surface area (Å²) in [5, 5.41) is 3.43. The quantitative estimate of drug-likeness (QED) is 0.269. The minimum absolute atomic E-state index is 0. The number of hydrogen-bond donors (Lipinski definition) is 1. The molecule has 136 valence electrons. The third-order valence-corrected chi connectivity index (χ3v) is 4.28. The number of ether oxygens (including phenoxy) is 3. The number of rotatable bonds is 8. The van der Waals surface area contributed by atoms with Crippen LogP contribution in [0.15, 0.2) is 4.99 Å². The molecule has 0 saturated carbocycles. The molecule has 0 spiro atoms. The van der Waals surface area contributed by atoms with Gasteiger partial charge in [-0.1, -0.05) is 0 Å². The van der Waals surface area contributed by atoms with E-state index in [4.69, 9.17) is 14.2 Å². The minimum Gasteiger partial charge on any atom is -0.384 e. The number of methoxy groups -OCH3 is 1. The second-order valence-corrected chi connectivity index (χ2v) is 6.09. The van der Waals surface area contributed by atoms with Crippen molar-refractivity contribution in [3.63, 3.8) is 0 Å². The predicted molar refractivity (Wildman–Crippen MR) is 103 cm³/mol. The van der Waals surface area contributed by atoms with E-state index in [1.165, 1.54) is 12.8 Å². The van der Waals surface area contributed by atoms with Gasteiger partial charge in [0.25, 0.3) is 0 Å². The average molecular weight is 441 g/mol. The van der Waals surface area contributed by atoms with Crippen LogP contribution in [-0.4, -0.2) is 77.2 Å². The van der Waals surface area contributed by atoms with Crippen molar-refractivity contribution in [2.24, 2.45) is 10.9 Å². The van der Waals surface area contributed by atoms with E-state index in [1.807, 2.05) is 7.05 Å². The molecule has 23 heavy (non-hydrogen) atoms. The summed E-state index contributed by atoms with van der Waals surface area (Å²) in [6.07, 6.45) is 4.80. The van der Waals surface area contributed by atoms with Gasteiger partial charge in [0, 0.05) is 52.9 Å². The van der Waals surface area contributed by atoms with Crippen LogP contribution in [0.5, 0.6) is 0 Å². The Kier molecular flexibility index (Phi) is 11.2. The van der Waals surface area contributed by atoms with Crippen molar-refractivity contribution < 1.29 is 14.2 Å². The van der Waals surface area contributed by atoms with Crippen LogP contribution in [0.1, 0.15) is 25.7 Å². The fraction of sp³-hybridized carbons (Fsp3) is 0.938. The molecule has 0 aliphatic carbocycles. The molecule has 0 aromatic rings. The summed E-state index contributed by atoms with van der Waals surface area (Å²) in [4.78, 5) is 6.69. The Morgan fingerprint density at radius 3 is 2.91 bits per heavy atom. The molecule has 0 aromatic carbocycles. The molecule has 2 unspecified atom stereocenters. The molecular weight excluding hydrogens is 409 g/mol. The van der Waals surface area contributed by atoms with Gasteiger partial charge in [0.15, 0.2) is 5.96 Å². The summed E-state index contributed by atoms with van der Waals surface area (Å²) in [5.41, 5.74) is 0. The van der Waals surface area contributed by atoms with E-state index in [0.717, 1.165) is 64.9 Å². The van der Waals surface area contributed by atoms with Gasteiger partial charge in [-0.25, -0.2) is 0 Å². The van der Waals surface area contributed by atoms with Crippen LogP contribution in [0, 0.1) is 5.92 Å². The first-order valence-electron chi connectivity index (χ1n) is 8.47. The Morgan fingerprint density at radius 2 is 2.22 bits per heavy atom. The van der Waals surface area contributed by atoms with Crippen molar-refractivity contribution in [3.05, 3.63) is 0 Å². The van der Waals surface area contributed by atoms with Crippen LogP contribution in [0.3, 0.4) is 0 Å². The summed E-state index contributed by atoms with van der Waals surface area (Å²) < 4.78 is 16.4. The first kappa shape index (κ1) is 20.9. The number of hydrogen-bond acceptors (Lipinski definition) is 4. The van der Waals surface area contributed by atoms with Crippen molar-refractivity contribution in [2.45, 2.75) is 31.8 Å². The first-order chi connectivity index (χ1) is 10.8. The van der Waals surface area contributed by atoms with Gasteiger partial charge in [-0.05, 0) is 25.7 Å². The summed E-state index contributed by atoms with van der Waals surface area (Å²) in [6.45, 7) is 6.22. The number of aliphatic imine (C=N–C) groups is 1. The van der Waals surface area contributed by atoms with E-state index in [9.17, 15) is 0 Å². The van der Waals surface area contributed by atoms with Gasteiger partial charge in [0.2, 0.25) is 0 Å². The van der Waals surface area contributed by atoms with Gasteiger partial charge in [-0.3, -0.25) is 4.99 Å². The van der Waals surface area contributed by atoms with Crippen LogP contribution >= 0.6 is 24.0 Å². The lowest BCUT2D eigenvalue weighted by molar-refractivity contribution is 0.0168.